The molecule has 3 aromatic rings. The van der Waals surface area contributed by atoms with E-state index in [0.717, 1.165) is 17.2 Å². The molecule has 0 unspecified atom stereocenters. The largest absolute Gasteiger partial charge is 0.338 e. The highest BCUT2D eigenvalue weighted by molar-refractivity contribution is 7.99. The maximum Gasteiger partial charge on any atom is 0.239 e. The Morgan fingerprint density at radius 1 is 1.32 bits per heavy atom. The first-order valence-corrected chi connectivity index (χ1v) is 8.59. The minimum Gasteiger partial charge on any atom is -0.338 e. The van der Waals surface area contributed by atoms with Crippen LogP contribution in [-0.4, -0.2) is 30.8 Å². The number of nitrogens with one attached hydrogen (secondary N) is 1. The fourth-order valence-electron chi connectivity index (χ4n) is 2.33. The van der Waals surface area contributed by atoms with Crippen LogP contribution in [-0.2, 0) is 4.79 Å². The molecule has 9 heteroatoms. The fourth-order valence-corrected chi connectivity index (χ4v) is 3.27. The van der Waals surface area contributed by atoms with Gasteiger partial charge in [0.2, 0.25) is 11.8 Å². The summed E-state index contributed by atoms with van der Waals surface area (Å²) in [5.74, 6) is 1.77. The van der Waals surface area contributed by atoms with E-state index in [2.05, 4.69) is 25.7 Å². The van der Waals surface area contributed by atoms with Crippen LogP contribution in [0.5, 0.6) is 0 Å². The van der Waals surface area contributed by atoms with Crippen molar-refractivity contribution in [2.75, 3.05) is 5.32 Å². The minimum atomic E-state index is -0.118. The Balaban J connectivity index is 1.90. The van der Waals surface area contributed by atoms with E-state index < -0.39 is 0 Å². The zero-order chi connectivity index (χ0) is 18.0. The fraction of sp³-hybridized carbons (Fsp3) is 0.312. The summed E-state index contributed by atoms with van der Waals surface area (Å²) < 4.78 is 7.15. The van der Waals surface area contributed by atoms with Crippen LogP contribution in [0.1, 0.15) is 36.6 Å². The Labute approximate surface area is 149 Å². The second-order valence-corrected chi connectivity index (χ2v) is 6.84. The van der Waals surface area contributed by atoms with Gasteiger partial charge in [0.1, 0.15) is 5.82 Å². The maximum absolute atomic E-state index is 11.3. The van der Waals surface area contributed by atoms with Gasteiger partial charge in [0.05, 0.1) is 10.9 Å². The molecular weight excluding hydrogens is 340 g/mol. The summed E-state index contributed by atoms with van der Waals surface area (Å²) in [6, 6.07) is 7.52. The lowest BCUT2D eigenvalue weighted by atomic mass is 10.2. The van der Waals surface area contributed by atoms with Gasteiger partial charge in [0.25, 0.3) is 0 Å². The number of amides is 1. The van der Waals surface area contributed by atoms with E-state index in [4.69, 9.17) is 4.52 Å². The van der Waals surface area contributed by atoms with Crippen molar-refractivity contribution in [3.63, 3.8) is 0 Å². The second kappa shape index (κ2) is 7.06. The van der Waals surface area contributed by atoms with E-state index in [1.165, 1.54) is 18.7 Å². The van der Waals surface area contributed by atoms with Gasteiger partial charge in [-0.05, 0) is 39.0 Å². The van der Waals surface area contributed by atoms with E-state index >= 15 is 0 Å². The van der Waals surface area contributed by atoms with Crippen molar-refractivity contribution in [2.24, 2.45) is 0 Å². The zero-order valence-corrected chi connectivity index (χ0v) is 15.2. The lowest BCUT2D eigenvalue weighted by molar-refractivity contribution is -0.114. The van der Waals surface area contributed by atoms with Gasteiger partial charge in [-0.3, -0.25) is 9.36 Å². The molecule has 1 aromatic carbocycles. The van der Waals surface area contributed by atoms with Gasteiger partial charge >= 0.3 is 0 Å². The van der Waals surface area contributed by atoms with Crippen molar-refractivity contribution >= 4 is 23.4 Å². The van der Waals surface area contributed by atoms with Crippen LogP contribution < -0.4 is 5.32 Å². The highest BCUT2D eigenvalue weighted by atomic mass is 32.2. The predicted octanol–water partition coefficient (Wildman–Crippen LogP) is 3.08. The number of benzene rings is 1. The number of nitrogens with zero attached hydrogens (tertiary/aromatic N) is 5. The number of rotatable bonds is 5. The van der Waals surface area contributed by atoms with E-state index in [1.54, 1.807) is 6.92 Å². The van der Waals surface area contributed by atoms with E-state index in [9.17, 15) is 4.79 Å². The number of hydrogen-bond acceptors (Lipinski definition) is 7. The molecule has 0 aliphatic rings. The van der Waals surface area contributed by atoms with Crippen molar-refractivity contribution in [1.29, 1.82) is 0 Å². The summed E-state index contributed by atoms with van der Waals surface area (Å²) in [6.07, 6.45) is 0. The number of carbonyl (C=O) groups excluding carboxylic acids is 1. The highest BCUT2D eigenvalue weighted by Crippen LogP contribution is 2.34. The number of aryl methyl sites for hydroxylation is 2. The molecule has 8 nitrogen and oxygen atoms in total. The van der Waals surface area contributed by atoms with Crippen molar-refractivity contribution < 1.29 is 9.32 Å². The minimum absolute atomic E-state index is 0.0675. The van der Waals surface area contributed by atoms with Crippen molar-refractivity contribution in [3.05, 3.63) is 41.8 Å². The summed E-state index contributed by atoms with van der Waals surface area (Å²) in [7, 11) is 0. The molecule has 0 radical (unpaired) electrons. The average Bonchev–Trinajstić information content (AvgIpc) is 3.13. The van der Waals surface area contributed by atoms with Crippen LogP contribution >= 0.6 is 11.8 Å². The molecule has 0 saturated carbocycles. The Bertz CT molecular complexity index is 904. The van der Waals surface area contributed by atoms with Crippen LogP contribution in [0.2, 0.25) is 0 Å². The molecule has 2 heterocycles. The summed E-state index contributed by atoms with van der Waals surface area (Å²) in [4.78, 5) is 15.5. The predicted molar refractivity (Wildman–Crippen MR) is 93.7 cm³/mol. The molecule has 0 aliphatic carbocycles. The molecule has 0 bridgehead atoms. The molecule has 1 N–H and O–H groups in total. The smallest absolute Gasteiger partial charge is 0.239 e. The third-order valence-electron chi connectivity index (χ3n) is 3.39. The Kier molecular flexibility index (Phi) is 4.84. The molecule has 130 valence electrons. The molecule has 3 rings (SSSR count). The van der Waals surface area contributed by atoms with E-state index in [0.29, 0.717) is 16.9 Å². The zero-order valence-electron chi connectivity index (χ0n) is 14.3. The van der Waals surface area contributed by atoms with Crippen LogP contribution in [0.4, 0.5) is 5.69 Å². The second-order valence-electron chi connectivity index (χ2n) is 5.54. The van der Waals surface area contributed by atoms with Gasteiger partial charge in [0.15, 0.2) is 11.0 Å². The van der Waals surface area contributed by atoms with E-state index in [1.807, 2.05) is 42.7 Å². The molecule has 0 saturated heterocycles. The molecule has 0 spiro atoms. The molecular formula is C16H18N6O2S. The monoisotopic (exact) mass is 358 g/mol. The quantitative estimate of drug-likeness (QED) is 0.700. The summed E-state index contributed by atoms with van der Waals surface area (Å²) in [5.41, 5.74) is 1.58. The summed E-state index contributed by atoms with van der Waals surface area (Å²) >= 11 is 1.48. The lowest BCUT2D eigenvalue weighted by Crippen LogP contribution is -2.07. The SMILES string of the molecule is CC(=O)Nc1cccc(-n2c(C)nnc2S[C@H](C)c2nc(C)no2)c1. The van der Waals surface area contributed by atoms with Crippen molar-refractivity contribution in [2.45, 2.75) is 38.1 Å². The first kappa shape index (κ1) is 17.2. The van der Waals surface area contributed by atoms with Gasteiger partial charge < -0.3 is 9.84 Å². The van der Waals surface area contributed by atoms with Crippen LogP contribution in [0, 0.1) is 13.8 Å². The van der Waals surface area contributed by atoms with Gasteiger partial charge in [0, 0.05) is 12.6 Å². The lowest BCUT2D eigenvalue weighted by Gasteiger charge is -2.11. The number of hydrogen-bond donors (Lipinski definition) is 1. The van der Waals surface area contributed by atoms with Gasteiger partial charge in [-0.1, -0.05) is 23.0 Å². The van der Waals surface area contributed by atoms with Crippen LogP contribution in [0.3, 0.4) is 0 Å². The topological polar surface area (TPSA) is 98.7 Å². The number of thioether (sulfide) groups is 1. The molecule has 0 fully saturated rings. The number of carbonyl (C=O) groups is 1. The molecule has 2 aromatic heterocycles. The first-order valence-electron chi connectivity index (χ1n) is 7.71. The molecule has 1 amide bonds. The number of anilines is 1. The average molecular weight is 358 g/mol. The van der Waals surface area contributed by atoms with Gasteiger partial charge in [-0.2, -0.15) is 4.98 Å². The standard InChI is InChI=1S/C16H18N6O2S/c1-9(15-17-10(2)21-24-15)25-16-20-19-11(3)22(16)14-7-5-6-13(8-14)18-12(4)23/h5-9H,1-4H3,(H,18,23)/t9-/m1/s1. The Morgan fingerprint density at radius 3 is 2.80 bits per heavy atom. The van der Waals surface area contributed by atoms with E-state index in [-0.39, 0.29) is 11.2 Å². The molecule has 1 atom stereocenters. The maximum atomic E-state index is 11.3. The Hall–Kier alpha value is -2.68. The van der Waals surface area contributed by atoms with Crippen molar-refractivity contribution in [1.82, 2.24) is 24.9 Å². The normalized spacial score (nSPS) is 12.2. The summed E-state index contributed by atoms with van der Waals surface area (Å²) in [5, 5.41) is 15.7. The van der Waals surface area contributed by atoms with Crippen LogP contribution in [0.25, 0.3) is 5.69 Å². The Morgan fingerprint density at radius 2 is 2.12 bits per heavy atom. The highest BCUT2D eigenvalue weighted by Gasteiger charge is 2.20. The molecule has 0 aliphatic heterocycles. The number of aromatic nitrogens is 5. The van der Waals surface area contributed by atoms with Gasteiger partial charge in [-0.25, -0.2) is 0 Å². The first-order chi connectivity index (χ1) is 11.9. The summed E-state index contributed by atoms with van der Waals surface area (Å²) in [6.45, 7) is 7.11. The van der Waals surface area contributed by atoms with Crippen molar-refractivity contribution in [3.8, 4) is 5.69 Å². The third kappa shape index (κ3) is 3.87. The van der Waals surface area contributed by atoms with Gasteiger partial charge in [-0.15, -0.1) is 10.2 Å². The third-order valence-corrected chi connectivity index (χ3v) is 4.42. The van der Waals surface area contributed by atoms with Crippen LogP contribution in [0.15, 0.2) is 33.9 Å². The molecule has 25 heavy (non-hydrogen) atoms.